The van der Waals surface area contributed by atoms with E-state index < -0.39 is 0 Å². The second kappa shape index (κ2) is 5.75. The normalized spacial score (nSPS) is 13.5. The molecule has 0 bridgehead atoms. The van der Waals surface area contributed by atoms with Crippen molar-refractivity contribution >= 4 is 46.7 Å². The standard InChI is InChI=1S/C14H11Cl2N3OS/c1-19-13-10(6-7-11(17-13)21-2)20-14(18-19)12-8(15)4-3-5-9(12)16/h3-7H,1-2H3. The SMILES string of the molecule is CSc1ccc2c(n1)N(C)N=C(c1c(Cl)cccc1Cl)O2. The molecule has 0 spiro atoms. The Balaban J connectivity index is 2.05. The van der Waals surface area contributed by atoms with Crippen molar-refractivity contribution < 1.29 is 4.74 Å². The number of pyridine rings is 1. The lowest BCUT2D eigenvalue weighted by Crippen LogP contribution is -2.25. The zero-order valence-electron chi connectivity index (χ0n) is 11.3. The van der Waals surface area contributed by atoms with Gasteiger partial charge in [-0.3, -0.25) is 0 Å². The molecule has 0 aliphatic carbocycles. The van der Waals surface area contributed by atoms with E-state index in [4.69, 9.17) is 27.9 Å². The number of thioether (sulfide) groups is 1. The summed E-state index contributed by atoms with van der Waals surface area (Å²) in [6.45, 7) is 0. The second-order valence-electron chi connectivity index (χ2n) is 4.30. The van der Waals surface area contributed by atoms with Gasteiger partial charge in [0.05, 0.1) is 20.6 Å². The maximum Gasteiger partial charge on any atom is 0.247 e. The summed E-state index contributed by atoms with van der Waals surface area (Å²) >= 11 is 14.0. The predicted molar refractivity (Wildman–Crippen MR) is 88.0 cm³/mol. The van der Waals surface area contributed by atoms with Crippen LogP contribution in [0.1, 0.15) is 5.56 Å². The van der Waals surface area contributed by atoms with Crippen LogP contribution in [0.25, 0.3) is 0 Å². The third-order valence-corrected chi connectivity index (χ3v) is 4.23. The number of aromatic nitrogens is 1. The number of fused-ring (bicyclic) bond motifs is 1. The van der Waals surface area contributed by atoms with E-state index >= 15 is 0 Å². The van der Waals surface area contributed by atoms with E-state index in [2.05, 4.69) is 10.1 Å². The lowest BCUT2D eigenvalue weighted by atomic mass is 10.2. The lowest BCUT2D eigenvalue weighted by molar-refractivity contribution is 0.526. The molecule has 108 valence electrons. The van der Waals surface area contributed by atoms with Crippen LogP contribution in [0.4, 0.5) is 5.82 Å². The summed E-state index contributed by atoms with van der Waals surface area (Å²) in [7, 11) is 1.81. The number of rotatable bonds is 2. The van der Waals surface area contributed by atoms with E-state index in [0.717, 1.165) is 5.03 Å². The molecule has 1 aromatic carbocycles. The summed E-state index contributed by atoms with van der Waals surface area (Å²) in [4.78, 5) is 4.48. The van der Waals surface area contributed by atoms with Crippen LogP contribution in [0, 0.1) is 0 Å². The monoisotopic (exact) mass is 339 g/mol. The minimum atomic E-state index is 0.360. The van der Waals surface area contributed by atoms with Crippen LogP contribution in [0.15, 0.2) is 40.5 Å². The molecule has 0 saturated heterocycles. The van der Waals surface area contributed by atoms with Gasteiger partial charge in [0.25, 0.3) is 0 Å². The predicted octanol–water partition coefficient (Wildman–Crippen LogP) is 4.30. The van der Waals surface area contributed by atoms with Crippen molar-refractivity contribution in [3.63, 3.8) is 0 Å². The van der Waals surface area contributed by atoms with Crippen molar-refractivity contribution in [2.75, 3.05) is 18.3 Å². The van der Waals surface area contributed by atoms with Crippen molar-refractivity contribution in [1.29, 1.82) is 0 Å². The average molecular weight is 340 g/mol. The summed E-state index contributed by atoms with van der Waals surface area (Å²) in [6, 6.07) is 9.04. The van der Waals surface area contributed by atoms with Crippen LogP contribution in [0.5, 0.6) is 5.75 Å². The number of hydrazone groups is 1. The fourth-order valence-electron chi connectivity index (χ4n) is 1.95. The highest BCUT2D eigenvalue weighted by molar-refractivity contribution is 7.98. The zero-order chi connectivity index (χ0) is 15.0. The quantitative estimate of drug-likeness (QED) is 0.764. The number of hydrogen-bond acceptors (Lipinski definition) is 5. The fourth-order valence-corrected chi connectivity index (χ4v) is 2.90. The van der Waals surface area contributed by atoms with E-state index in [0.29, 0.717) is 33.1 Å². The number of nitrogens with zero attached hydrogens (tertiary/aromatic N) is 3. The van der Waals surface area contributed by atoms with Crippen LogP contribution in [-0.2, 0) is 0 Å². The Hall–Kier alpha value is -1.43. The van der Waals surface area contributed by atoms with E-state index in [-0.39, 0.29) is 0 Å². The highest BCUT2D eigenvalue weighted by Gasteiger charge is 2.24. The second-order valence-corrected chi connectivity index (χ2v) is 5.94. The molecule has 0 atom stereocenters. The third-order valence-electron chi connectivity index (χ3n) is 2.95. The van der Waals surface area contributed by atoms with Crippen molar-refractivity contribution in [1.82, 2.24) is 4.98 Å². The first-order chi connectivity index (χ1) is 10.1. The Morgan fingerprint density at radius 3 is 2.52 bits per heavy atom. The number of halogens is 2. The molecule has 3 rings (SSSR count). The summed E-state index contributed by atoms with van der Waals surface area (Å²) in [5.74, 6) is 1.64. The molecule has 2 aromatic rings. The minimum Gasteiger partial charge on any atom is -0.433 e. The van der Waals surface area contributed by atoms with Crippen LogP contribution in [-0.4, -0.2) is 24.2 Å². The van der Waals surface area contributed by atoms with Gasteiger partial charge in [-0.1, -0.05) is 29.3 Å². The molecule has 21 heavy (non-hydrogen) atoms. The van der Waals surface area contributed by atoms with Gasteiger partial charge < -0.3 is 4.74 Å². The summed E-state index contributed by atoms with van der Waals surface area (Å²) in [5.41, 5.74) is 0.576. The molecule has 0 saturated carbocycles. The largest absolute Gasteiger partial charge is 0.433 e. The van der Waals surface area contributed by atoms with Crippen LogP contribution >= 0.6 is 35.0 Å². The van der Waals surface area contributed by atoms with Gasteiger partial charge in [-0.15, -0.1) is 16.9 Å². The van der Waals surface area contributed by atoms with Crippen molar-refractivity contribution in [2.24, 2.45) is 5.10 Å². The summed E-state index contributed by atoms with van der Waals surface area (Å²) in [6.07, 6.45) is 1.97. The van der Waals surface area contributed by atoms with E-state index in [1.165, 1.54) is 0 Å². The summed E-state index contributed by atoms with van der Waals surface area (Å²) < 4.78 is 5.82. The molecular weight excluding hydrogens is 329 g/mol. The van der Waals surface area contributed by atoms with Gasteiger partial charge in [0.2, 0.25) is 5.90 Å². The number of anilines is 1. The van der Waals surface area contributed by atoms with Crippen LogP contribution in [0.3, 0.4) is 0 Å². The molecule has 1 aliphatic heterocycles. The maximum absolute atomic E-state index is 6.20. The topological polar surface area (TPSA) is 37.7 Å². The van der Waals surface area contributed by atoms with E-state index in [1.807, 2.05) is 25.4 Å². The van der Waals surface area contributed by atoms with Gasteiger partial charge in [-0.25, -0.2) is 9.99 Å². The Morgan fingerprint density at radius 1 is 1.14 bits per heavy atom. The smallest absolute Gasteiger partial charge is 0.247 e. The average Bonchev–Trinajstić information content (AvgIpc) is 2.47. The minimum absolute atomic E-state index is 0.360. The van der Waals surface area contributed by atoms with E-state index in [9.17, 15) is 0 Å². The van der Waals surface area contributed by atoms with Crippen LogP contribution in [0.2, 0.25) is 10.0 Å². The fraction of sp³-hybridized carbons (Fsp3) is 0.143. The number of benzene rings is 1. The van der Waals surface area contributed by atoms with Crippen LogP contribution < -0.4 is 9.75 Å². The van der Waals surface area contributed by atoms with Gasteiger partial charge in [-0.2, -0.15) is 0 Å². The van der Waals surface area contributed by atoms with Gasteiger partial charge in [-0.05, 0) is 30.5 Å². The highest BCUT2D eigenvalue weighted by atomic mass is 35.5. The first kappa shape index (κ1) is 14.5. The molecule has 1 aromatic heterocycles. The molecule has 1 aliphatic rings. The summed E-state index contributed by atoms with van der Waals surface area (Å²) in [5, 5.41) is 7.92. The van der Waals surface area contributed by atoms with Gasteiger partial charge in [0, 0.05) is 7.05 Å². The first-order valence-electron chi connectivity index (χ1n) is 6.09. The molecule has 0 fully saturated rings. The Labute approximate surface area is 136 Å². The maximum atomic E-state index is 6.20. The Bertz CT molecular complexity index is 716. The van der Waals surface area contributed by atoms with E-state index in [1.54, 1.807) is 35.0 Å². The van der Waals surface area contributed by atoms with Gasteiger partial charge >= 0.3 is 0 Å². The molecule has 4 nitrogen and oxygen atoms in total. The molecule has 2 heterocycles. The first-order valence-corrected chi connectivity index (χ1v) is 8.08. The molecule has 7 heteroatoms. The molecule has 0 N–H and O–H groups in total. The zero-order valence-corrected chi connectivity index (χ0v) is 13.6. The van der Waals surface area contributed by atoms with Gasteiger partial charge in [0.15, 0.2) is 11.6 Å². The van der Waals surface area contributed by atoms with Crippen molar-refractivity contribution in [3.05, 3.63) is 45.9 Å². The number of ether oxygens (including phenoxy) is 1. The Morgan fingerprint density at radius 2 is 1.86 bits per heavy atom. The number of hydrogen-bond donors (Lipinski definition) is 0. The molecule has 0 amide bonds. The third kappa shape index (κ3) is 2.69. The molecule has 0 unspecified atom stereocenters. The highest BCUT2D eigenvalue weighted by Crippen LogP contribution is 2.34. The van der Waals surface area contributed by atoms with Gasteiger partial charge in [0.1, 0.15) is 0 Å². The van der Waals surface area contributed by atoms with Crippen molar-refractivity contribution in [3.8, 4) is 5.75 Å². The molecule has 0 radical (unpaired) electrons. The van der Waals surface area contributed by atoms with Crippen molar-refractivity contribution in [2.45, 2.75) is 5.03 Å². The molecular formula is C14H11Cl2N3OS. The lowest BCUT2D eigenvalue weighted by Gasteiger charge is -2.24. The Kier molecular flexibility index (Phi) is 3.97.